The van der Waals surface area contributed by atoms with Gasteiger partial charge in [0, 0.05) is 13.2 Å². The first-order valence-electron chi connectivity index (χ1n) is 6.91. The standard InChI is InChI=1S/C13H27O4S.ClH/c1-2-17-7-5-3-4-6-8-18-10-11(15)13(16)12(18)9-14;/h11-16H,2-10H2,1H3;1H/q+1;/p-1/t11-,12-,13+,18?;/m1./s1. The van der Waals surface area contributed by atoms with Crippen LogP contribution in [0.25, 0.3) is 0 Å². The molecular formula is C13H27ClO4S. The smallest absolute Gasteiger partial charge is 0.169 e. The summed E-state index contributed by atoms with van der Waals surface area (Å²) in [6.07, 6.45) is 3.20. The number of hydrogen-bond donors (Lipinski definition) is 3. The van der Waals surface area contributed by atoms with Gasteiger partial charge in [0.15, 0.2) is 5.25 Å². The Hall–Kier alpha value is 0.480. The van der Waals surface area contributed by atoms with E-state index < -0.39 is 12.2 Å². The van der Waals surface area contributed by atoms with Crippen molar-refractivity contribution in [1.82, 2.24) is 0 Å². The molecule has 1 aliphatic rings. The molecule has 0 amide bonds. The van der Waals surface area contributed by atoms with Crippen LogP contribution in [0.15, 0.2) is 0 Å². The summed E-state index contributed by atoms with van der Waals surface area (Å²) in [6.45, 7) is 3.63. The van der Waals surface area contributed by atoms with Crippen LogP contribution in [0.2, 0.25) is 0 Å². The van der Waals surface area contributed by atoms with Crippen LogP contribution in [-0.4, -0.2) is 64.1 Å². The topological polar surface area (TPSA) is 69.9 Å². The third-order valence-corrected chi connectivity index (χ3v) is 6.28. The Bertz CT molecular complexity index is 221. The maximum absolute atomic E-state index is 9.71. The Balaban J connectivity index is 0.00000324. The molecule has 19 heavy (non-hydrogen) atoms. The van der Waals surface area contributed by atoms with Crippen LogP contribution in [0, 0.1) is 0 Å². The maximum Gasteiger partial charge on any atom is 0.169 e. The molecule has 1 fully saturated rings. The summed E-state index contributed by atoms with van der Waals surface area (Å²) < 4.78 is 5.28. The van der Waals surface area contributed by atoms with Gasteiger partial charge in [-0.3, -0.25) is 0 Å². The van der Waals surface area contributed by atoms with Crippen molar-refractivity contribution in [2.45, 2.75) is 50.1 Å². The molecule has 1 rings (SSSR count). The second-order valence-electron chi connectivity index (χ2n) is 4.80. The zero-order valence-electron chi connectivity index (χ0n) is 11.6. The molecule has 1 heterocycles. The van der Waals surface area contributed by atoms with Gasteiger partial charge in [-0.1, -0.05) is 6.42 Å². The average Bonchev–Trinajstić information content (AvgIpc) is 2.63. The van der Waals surface area contributed by atoms with Crippen molar-refractivity contribution >= 4 is 10.9 Å². The second kappa shape index (κ2) is 11.2. The number of aliphatic hydroxyl groups excluding tert-OH is 3. The molecule has 4 nitrogen and oxygen atoms in total. The summed E-state index contributed by atoms with van der Waals surface area (Å²) >= 11 is 0. The fraction of sp³-hybridized carbons (Fsp3) is 1.00. The van der Waals surface area contributed by atoms with Gasteiger partial charge in [0.1, 0.15) is 23.7 Å². The molecule has 6 heteroatoms. The molecule has 0 radical (unpaired) electrons. The minimum atomic E-state index is -0.726. The predicted octanol–water partition coefficient (Wildman–Crippen LogP) is -2.70. The lowest BCUT2D eigenvalue weighted by Crippen LogP contribution is -3.00. The fourth-order valence-electron chi connectivity index (χ4n) is 2.32. The predicted molar refractivity (Wildman–Crippen MR) is 74.9 cm³/mol. The Morgan fingerprint density at radius 2 is 1.84 bits per heavy atom. The van der Waals surface area contributed by atoms with Crippen LogP contribution in [0.4, 0.5) is 0 Å². The van der Waals surface area contributed by atoms with Gasteiger partial charge in [0.2, 0.25) is 0 Å². The van der Waals surface area contributed by atoms with Gasteiger partial charge in [-0.05, 0) is 37.1 Å². The van der Waals surface area contributed by atoms with Gasteiger partial charge in [0.05, 0.1) is 6.61 Å². The first-order valence-corrected chi connectivity index (χ1v) is 8.54. The van der Waals surface area contributed by atoms with Crippen molar-refractivity contribution in [1.29, 1.82) is 0 Å². The van der Waals surface area contributed by atoms with E-state index in [0.29, 0.717) is 5.75 Å². The van der Waals surface area contributed by atoms with E-state index >= 15 is 0 Å². The van der Waals surface area contributed by atoms with Gasteiger partial charge in [-0.2, -0.15) is 0 Å². The zero-order chi connectivity index (χ0) is 13.4. The summed E-state index contributed by atoms with van der Waals surface area (Å²) in [5.41, 5.74) is 0. The SMILES string of the molecule is CCOCCCCCC[S+]1C[C@@H](O)[C@H](O)[C@H]1CO.[Cl-]. The summed E-state index contributed by atoms with van der Waals surface area (Å²) in [5, 5.41) is 28.4. The van der Waals surface area contributed by atoms with Crippen LogP contribution in [0.1, 0.15) is 32.6 Å². The van der Waals surface area contributed by atoms with Crippen molar-refractivity contribution < 1.29 is 32.5 Å². The van der Waals surface area contributed by atoms with E-state index in [1.54, 1.807) is 0 Å². The third kappa shape index (κ3) is 6.65. The van der Waals surface area contributed by atoms with Gasteiger partial charge in [-0.15, -0.1) is 0 Å². The van der Waals surface area contributed by atoms with Crippen LogP contribution >= 0.6 is 0 Å². The fourth-order valence-corrected chi connectivity index (χ4v) is 5.04. The van der Waals surface area contributed by atoms with Crippen LogP contribution < -0.4 is 12.4 Å². The Kier molecular flexibility index (Phi) is 11.5. The van der Waals surface area contributed by atoms with Crippen LogP contribution in [-0.2, 0) is 15.6 Å². The van der Waals surface area contributed by atoms with Gasteiger partial charge >= 0.3 is 0 Å². The highest BCUT2D eigenvalue weighted by molar-refractivity contribution is 7.97. The molecule has 0 saturated carbocycles. The molecule has 1 aliphatic heterocycles. The van der Waals surface area contributed by atoms with E-state index in [4.69, 9.17) is 4.74 Å². The lowest BCUT2D eigenvalue weighted by molar-refractivity contribution is -0.00000827. The van der Waals surface area contributed by atoms with Crippen molar-refractivity contribution in [3.8, 4) is 0 Å². The maximum atomic E-state index is 9.71. The Labute approximate surface area is 125 Å². The number of aliphatic hydroxyl groups is 3. The monoisotopic (exact) mass is 314 g/mol. The Morgan fingerprint density at radius 3 is 2.47 bits per heavy atom. The molecule has 0 spiro atoms. The molecule has 3 N–H and O–H groups in total. The minimum Gasteiger partial charge on any atom is -1.00 e. The van der Waals surface area contributed by atoms with Crippen molar-refractivity contribution in [2.24, 2.45) is 0 Å². The van der Waals surface area contributed by atoms with Gasteiger partial charge in [0.25, 0.3) is 0 Å². The molecular weight excluding hydrogens is 288 g/mol. The molecule has 0 aromatic carbocycles. The van der Waals surface area contributed by atoms with E-state index in [-0.39, 0.29) is 35.2 Å². The molecule has 0 aromatic heterocycles. The van der Waals surface area contributed by atoms with Crippen molar-refractivity contribution in [3.05, 3.63) is 0 Å². The van der Waals surface area contributed by atoms with Crippen LogP contribution in [0.5, 0.6) is 0 Å². The minimum absolute atomic E-state index is 0. The number of ether oxygens (including phenoxy) is 1. The van der Waals surface area contributed by atoms with Gasteiger partial charge in [-0.25, -0.2) is 0 Å². The molecule has 0 aliphatic carbocycles. The Morgan fingerprint density at radius 1 is 1.16 bits per heavy atom. The molecule has 1 saturated heterocycles. The van der Waals surface area contributed by atoms with E-state index in [9.17, 15) is 15.3 Å². The molecule has 1 unspecified atom stereocenters. The van der Waals surface area contributed by atoms with Crippen molar-refractivity contribution in [3.63, 3.8) is 0 Å². The van der Waals surface area contributed by atoms with Crippen molar-refractivity contribution in [2.75, 3.05) is 31.3 Å². The van der Waals surface area contributed by atoms with E-state index in [1.165, 1.54) is 12.8 Å². The number of unbranched alkanes of at least 4 members (excludes halogenated alkanes) is 3. The number of halogens is 1. The lowest BCUT2D eigenvalue weighted by Gasteiger charge is -2.11. The summed E-state index contributed by atoms with van der Waals surface area (Å²) in [7, 11) is -0.0154. The highest BCUT2D eigenvalue weighted by atomic mass is 35.5. The first-order chi connectivity index (χ1) is 8.70. The quantitative estimate of drug-likeness (QED) is 0.320. The largest absolute Gasteiger partial charge is 1.00 e. The normalized spacial score (nSPS) is 30.3. The molecule has 0 bridgehead atoms. The lowest BCUT2D eigenvalue weighted by atomic mass is 10.2. The second-order valence-corrected chi connectivity index (χ2v) is 7.22. The van der Waals surface area contributed by atoms with E-state index in [2.05, 4.69) is 0 Å². The first kappa shape index (κ1) is 19.5. The molecule has 116 valence electrons. The van der Waals surface area contributed by atoms with Crippen LogP contribution in [0.3, 0.4) is 0 Å². The van der Waals surface area contributed by atoms with Gasteiger partial charge < -0.3 is 32.5 Å². The summed E-state index contributed by atoms with van der Waals surface area (Å²) in [6, 6.07) is 0. The zero-order valence-corrected chi connectivity index (χ0v) is 13.2. The highest BCUT2D eigenvalue weighted by Crippen LogP contribution is 2.24. The molecule has 0 aromatic rings. The van der Waals surface area contributed by atoms with E-state index in [1.807, 2.05) is 6.92 Å². The molecule has 4 atom stereocenters. The highest BCUT2D eigenvalue weighted by Gasteiger charge is 2.48. The third-order valence-electron chi connectivity index (χ3n) is 3.42. The summed E-state index contributed by atoms with van der Waals surface area (Å²) in [4.78, 5) is 0. The number of hydrogen-bond acceptors (Lipinski definition) is 4. The van der Waals surface area contributed by atoms with E-state index in [0.717, 1.165) is 31.8 Å². The number of rotatable bonds is 9. The summed E-state index contributed by atoms with van der Waals surface area (Å²) in [5.74, 6) is 1.68. The average molecular weight is 315 g/mol.